The zero-order valence-corrected chi connectivity index (χ0v) is 15.5. The molecule has 0 spiro atoms. The van der Waals surface area contributed by atoms with Gasteiger partial charge >= 0.3 is 0 Å². The molecule has 4 rings (SSSR count). The van der Waals surface area contributed by atoms with Crippen LogP contribution in [-0.2, 0) is 0 Å². The number of nitrogen functional groups attached to an aromatic ring is 1. The molecule has 0 radical (unpaired) electrons. The molecule has 1 aliphatic heterocycles. The smallest absolute Gasteiger partial charge is 0.261 e. The standard InChI is InChI=1S/C18H22N6OS/c1-2-23-7-3-4-14(10-23)20-17(25)15-8-13(11-26-15)12-5-6-16-21-18(19)22-24(16)9-12/h5-6,8-9,11,14H,2-4,7,10H2,1H3,(H2,19,22)(H,20,25). The van der Waals surface area contributed by atoms with Gasteiger partial charge in [0.05, 0.1) is 4.88 Å². The van der Waals surface area contributed by atoms with E-state index in [1.165, 1.54) is 11.3 Å². The van der Waals surface area contributed by atoms with Gasteiger partial charge in [0, 0.05) is 24.3 Å². The number of nitrogens with zero attached hydrogens (tertiary/aromatic N) is 4. The van der Waals surface area contributed by atoms with Crippen LogP contribution in [0.5, 0.6) is 0 Å². The first-order valence-electron chi connectivity index (χ1n) is 8.86. The van der Waals surface area contributed by atoms with Gasteiger partial charge < -0.3 is 16.0 Å². The van der Waals surface area contributed by atoms with Crippen molar-refractivity contribution in [1.29, 1.82) is 0 Å². The Hall–Kier alpha value is -2.45. The van der Waals surface area contributed by atoms with Crippen LogP contribution in [0.3, 0.4) is 0 Å². The van der Waals surface area contributed by atoms with Crippen LogP contribution in [0.2, 0.25) is 0 Å². The van der Waals surface area contributed by atoms with Gasteiger partial charge in [-0.3, -0.25) is 4.79 Å². The van der Waals surface area contributed by atoms with E-state index in [9.17, 15) is 4.79 Å². The lowest BCUT2D eigenvalue weighted by Crippen LogP contribution is -2.47. The molecule has 3 aromatic rings. The van der Waals surface area contributed by atoms with Crippen LogP contribution in [0.15, 0.2) is 29.8 Å². The Balaban J connectivity index is 1.48. The number of anilines is 1. The first kappa shape index (κ1) is 17.0. The molecule has 0 saturated carbocycles. The van der Waals surface area contributed by atoms with Gasteiger partial charge in [-0.15, -0.1) is 16.4 Å². The Kier molecular flexibility index (Phi) is 4.60. The van der Waals surface area contributed by atoms with E-state index in [1.54, 1.807) is 4.52 Å². The maximum atomic E-state index is 12.6. The Morgan fingerprint density at radius 1 is 1.42 bits per heavy atom. The third-order valence-electron chi connectivity index (χ3n) is 4.79. The number of likely N-dealkylation sites (tertiary alicyclic amines) is 1. The minimum absolute atomic E-state index is 0.00952. The van der Waals surface area contributed by atoms with Gasteiger partial charge in [-0.2, -0.15) is 4.98 Å². The summed E-state index contributed by atoms with van der Waals surface area (Å²) < 4.78 is 1.66. The third kappa shape index (κ3) is 3.42. The van der Waals surface area contributed by atoms with Crippen LogP contribution in [0.1, 0.15) is 29.4 Å². The van der Waals surface area contributed by atoms with Crippen molar-refractivity contribution in [2.45, 2.75) is 25.8 Å². The van der Waals surface area contributed by atoms with Gasteiger partial charge in [0.2, 0.25) is 5.95 Å². The highest BCUT2D eigenvalue weighted by atomic mass is 32.1. The molecule has 1 saturated heterocycles. The molecule has 8 heteroatoms. The minimum atomic E-state index is 0.00952. The number of amides is 1. The van der Waals surface area contributed by atoms with E-state index >= 15 is 0 Å². The zero-order chi connectivity index (χ0) is 18.1. The molecule has 3 N–H and O–H groups in total. The highest BCUT2D eigenvalue weighted by Gasteiger charge is 2.21. The topological polar surface area (TPSA) is 88.5 Å². The lowest BCUT2D eigenvalue weighted by atomic mass is 10.1. The second kappa shape index (κ2) is 7.05. The van der Waals surface area contributed by atoms with Crippen molar-refractivity contribution < 1.29 is 4.79 Å². The Morgan fingerprint density at radius 2 is 2.31 bits per heavy atom. The number of fused-ring (bicyclic) bond motifs is 1. The van der Waals surface area contributed by atoms with Gasteiger partial charge in [0.15, 0.2) is 5.65 Å². The molecular formula is C18H22N6OS. The maximum Gasteiger partial charge on any atom is 0.261 e. The largest absolute Gasteiger partial charge is 0.366 e. The average molecular weight is 370 g/mol. The van der Waals surface area contributed by atoms with Gasteiger partial charge in [0.25, 0.3) is 5.91 Å². The number of hydrogen-bond donors (Lipinski definition) is 2. The van der Waals surface area contributed by atoms with Crippen LogP contribution >= 0.6 is 11.3 Å². The fourth-order valence-electron chi connectivity index (χ4n) is 3.39. The minimum Gasteiger partial charge on any atom is -0.366 e. The summed E-state index contributed by atoms with van der Waals surface area (Å²) in [7, 11) is 0. The van der Waals surface area contributed by atoms with Crippen molar-refractivity contribution in [2.24, 2.45) is 0 Å². The summed E-state index contributed by atoms with van der Waals surface area (Å²) in [6, 6.07) is 6.00. The summed E-state index contributed by atoms with van der Waals surface area (Å²) in [5.41, 5.74) is 8.31. The monoisotopic (exact) mass is 370 g/mol. The molecule has 136 valence electrons. The highest BCUT2D eigenvalue weighted by Crippen LogP contribution is 2.26. The quantitative estimate of drug-likeness (QED) is 0.735. The second-order valence-electron chi connectivity index (χ2n) is 6.60. The lowest BCUT2D eigenvalue weighted by Gasteiger charge is -2.32. The molecule has 3 aromatic heterocycles. The summed E-state index contributed by atoms with van der Waals surface area (Å²) in [5.74, 6) is 0.261. The molecule has 1 amide bonds. The van der Waals surface area contributed by atoms with Crippen LogP contribution in [-0.4, -0.2) is 51.1 Å². The predicted molar refractivity (Wildman–Crippen MR) is 103 cm³/mol. The summed E-state index contributed by atoms with van der Waals surface area (Å²) in [4.78, 5) is 19.8. The Morgan fingerprint density at radius 3 is 3.15 bits per heavy atom. The predicted octanol–water partition coefficient (Wildman–Crippen LogP) is 2.25. The highest BCUT2D eigenvalue weighted by molar-refractivity contribution is 7.12. The SMILES string of the molecule is CCN1CCCC(NC(=O)c2cc(-c3ccc4nc(N)nn4c3)cs2)C1. The van der Waals surface area contributed by atoms with Crippen molar-refractivity contribution in [3.8, 4) is 11.1 Å². The number of pyridine rings is 1. The number of nitrogens with one attached hydrogen (secondary N) is 1. The van der Waals surface area contributed by atoms with Gasteiger partial charge in [-0.25, -0.2) is 4.52 Å². The number of carbonyl (C=O) groups is 1. The first-order valence-corrected chi connectivity index (χ1v) is 9.74. The third-order valence-corrected chi connectivity index (χ3v) is 5.72. The average Bonchev–Trinajstić information content (AvgIpc) is 3.27. The van der Waals surface area contributed by atoms with Crippen molar-refractivity contribution in [3.05, 3.63) is 34.7 Å². The van der Waals surface area contributed by atoms with E-state index in [0.29, 0.717) is 5.65 Å². The van der Waals surface area contributed by atoms with Crippen molar-refractivity contribution in [3.63, 3.8) is 0 Å². The maximum absolute atomic E-state index is 12.6. The molecule has 0 bridgehead atoms. The molecule has 7 nitrogen and oxygen atoms in total. The van der Waals surface area contributed by atoms with Crippen molar-refractivity contribution in [2.75, 3.05) is 25.4 Å². The lowest BCUT2D eigenvalue weighted by molar-refractivity contribution is 0.0910. The number of hydrogen-bond acceptors (Lipinski definition) is 6. The summed E-state index contributed by atoms with van der Waals surface area (Å²) in [6.45, 7) is 5.26. The molecule has 1 atom stereocenters. The first-order chi connectivity index (χ1) is 12.6. The van der Waals surface area contributed by atoms with Gasteiger partial charge in [-0.05, 0) is 55.1 Å². The van der Waals surface area contributed by atoms with Crippen molar-refractivity contribution in [1.82, 2.24) is 24.8 Å². The number of nitrogens with two attached hydrogens (primary N) is 1. The molecule has 0 aromatic carbocycles. The fraction of sp³-hybridized carbons (Fsp3) is 0.389. The van der Waals surface area contributed by atoms with Gasteiger partial charge in [-0.1, -0.05) is 6.92 Å². The van der Waals surface area contributed by atoms with E-state index in [4.69, 9.17) is 5.73 Å². The summed E-state index contributed by atoms with van der Waals surface area (Å²) in [6.07, 6.45) is 4.06. The fourth-order valence-corrected chi connectivity index (χ4v) is 4.21. The molecule has 4 heterocycles. The van der Waals surface area contributed by atoms with E-state index in [1.807, 2.05) is 29.8 Å². The van der Waals surface area contributed by atoms with Crippen LogP contribution in [0, 0.1) is 0 Å². The zero-order valence-electron chi connectivity index (χ0n) is 14.7. The Bertz CT molecular complexity index is 933. The molecule has 1 aliphatic rings. The van der Waals surface area contributed by atoms with Gasteiger partial charge in [0.1, 0.15) is 0 Å². The molecule has 26 heavy (non-hydrogen) atoms. The number of thiophene rings is 1. The molecule has 1 fully saturated rings. The molecule has 1 unspecified atom stereocenters. The van der Waals surface area contributed by atoms with E-state index < -0.39 is 0 Å². The number of likely N-dealkylation sites (N-methyl/N-ethyl adjacent to an activating group) is 1. The number of carbonyl (C=O) groups excluding carboxylic acids is 1. The number of rotatable bonds is 4. The van der Waals surface area contributed by atoms with Crippen LogP contribution in [0.4, 0.5) is 5.95 Å². The van der Waals surface area contributed by atoms with E-state index in [-0.39, 0.29) is 17.9 Å². The number of aromatic nitrogens is 3. The summed E-state index contributed by atoms with van der Waals surface area (Å²) >= 11 is 1.46. The van der Waals surface area contributed by atoms with E-state index in [0.717, 1.165) is 48.5 Å². The summed E-state index contributed by atoms with van der Waals surface area (Å²) in [5, 5.41) is 9.32. The van der Waals surface area contributed by atoms with Crippen LogP contribution < -0.4 is 11.1 Å². The normalized spacial score (nSPS) is 18.3. The number of piperidine rings is 1. The van der Waals surface area contributed by atoms with Crippen molar-refractivity contribution >= 4 is 28.8 Å². The van der Waals surface area contributed by atoms with Crippen LogP contribution in [0.25, 0.3) is 16.8 Å². The molecule has 0 aliphatic carbocycles. The second-order valence-corrected chi connectivity index (χ2v) is 7.51. The molecular weight excluding hydrogens is 348 g/mol. The Labute approximate surface area is 155 Å². The van der Waals surface area contributed by atoms with E-state index in [2.05, 4.69) is 27.2 Å².